The zero-order valence-corrected chi connectivity index (χ0v) is 11.3. The van der Waals surface area contributed by atoms with Gasteiger partial charge in [0.15, 0.2) is 0 Å². The molecule has 1 rings (SSSR count). The van der Waals surface area contributed by atoms with Crippen molar-refractivity contribution in [1.29, 1.82) is 0 Å². The van der Waals surface area contributed by atoms with E-state index in [1.165, 1.54) is 0 Å². The molecule has 1 aliphatic carbocycles. The van der Waals surface area contributed by atoms with E-state index in [1.807, 2.05) is 0 Å². The van der Waals surface area contributed by atoms with Gasteiger partial charge in [0.25, 0.3) is 0 Å². The molecular weight excluding hydrogens is 268 g/mol. The minimum Gasteiger partial charge on any atom is -0.323 e. The smallest absolute Gasteiger partial charge is 0.323 e. The lowest BCUT2D eigenvalue weighted by atomic mass is 9.87. The van der Waals surface area contributed by atoms with E-state index in [0.717, 1.165) is 12.8 Å². The average molecular weight is 287 g/mol. The predicted molar refractivity (Wildman–Crippen MR) is 62.4 cm³/mol. The minimum atomic E-state index is -4.85. The quantitative estimate of drug-likeness (QED) is 0.484. The molecule has 1 saturated carbocycles. The molecule has 1 aliphatic rings. The van der Waals surface area contributed by atoms with Gasteiger partial charge in [-0.1, -0.05) is 6.92 Å². The second-order valence-electron chi connectivity index (χ2n) is 4.68. The highest BCUT2D eigenvalue weighted by Gasteiger charge is 2.44. The molecule has 9 heteroatoms. The van der Waals surface area contributed by atoms with Crippen molar-refractivity contribution in [3.63, 3.8) is 0 Å². The first-order valence-electron chi connectivity index (χ1n) is 5.47. The second-order valence-corrected chi connectivity index (χ2v) is 8.47. The minimum absolute atomic E-state index is 0.239. The van der Waals surface area contributed by atoms with Gasteiger partial charge in [-0.05, 0) is 31.6 Å². The molecule has 5 N–H and O–H groups in total. The van der Waals surface area contributed by atoms with Crippen molar-refractivity contribution in [3.05, 3.63) is 0 Å². The topological polar surface area (TPSA) is 127 Å². The van der Waals surface area contributed by atoms with Gasteiger partial charge in [-0.25, -0.2) is 0 Å². The predicted octanol–water partition coefficient (Wildman–Crippen LogP) is 0.794. The number of nitrogens with one attached hydrogen (secondary N) is 1. The Balaban J connectivity index is 2.69. The summed E-state index contributed by atoms with van der Waals surface area (Å²) in [7, 11) is -9.71. The fourth-order valence-corrected chi connectivity index (χ4v) is 4.41. The number of rotatable bonds is 4. The van der Waals surface area contributed by atoms with Crippen molar-refractivity contribution < 1.29 is 28.7 Å². The van der Waals surface area contributed by atoms with Gasteiger partial charge in [-0.15, -0.1) is 0 Å². The summed E-state index contributed by atoms with van der Waals surface area (Å²) in [4.78, 5) is 35.8. The molecule has 0 unspecified atom stereocenters. The Morgan fingerprint density at radius 2 is 1.41 bits per heavy atom. The maximum Gasteiger partial charge on any atom is 0.354 e. The Labute approximate surface area is 99.9 Å². The first-order chi connectivity index (χ1) is 7.60. The van der Waals surface area contributed by atoms with Crippen LogP contribution in [0.25, 0.3) is 0 Å². The largest absolute Gasteiger partial charge is 0.354 e. The van der Waals surface area contributed by atoms with Crippen LogP contribution in [-0.2, 0) is 9.13 Å². The molecule has 102 valence electrons. The summed E-state index contributed by atoms with van der Waals surface area (Å²) in [6, 6.07) is -0.239. The van der Waals surface area contributed by atoms with Gasteiger partial charge in [-0.2, -0.15) is 0 Å². The lowest BCUT2D eigenvalue weighted by Crippen LogP contribution is -2.40. The zero-order chi connectivity index (χ0) is 13.3. The van der Waals surface area contributed by atoms with Gasteiger partial charge < -0.3 is 19.6 Å². The first kappa shape index (κ1) is 15.3. The van der Waals surface area contributed by atoms with Crippen LogP contribution in [0.2, 0.25) is 0 Å². The molecule has 0 saturated heterocycles. The summed E-state index contributed by atoms with van der Waals surface area (Å²) < 4.78 is 22.1. The summed E-state index contributed by atoms with van der Waals surface area (Å²) in [5.41, 5.74) is -2.08. The van der Waals surface area contributed by atoms with Crippen molar-refractivity contribution >= 4 is 15.2 Å². The molecule has 0 aromatic carbocycles. The van der Waals surface area contributed by atoms with Crippen molar-refractivity contribution in [2.45, 2.75) is 44.2 Å². The van der Waals surface area contributed by atoms with E-state index in [4.69, 9.17) is 19.6 Å². The highest BCUT2D eigenvalue weighted by atomic mass is 31.2. The Morgan fingerprint density at radius 3 is 1.76 bits per heavy atom. The van der Waals surface area contributed by atoms with Gasteiger partial charge in [0.2, 0.25) is 5.52 Å². The Bertz CT molecular complexity index is 320. The van der Waals surface area contributed by atoms with Crippen LogP contribution in [0, 0.1) is 5.92 Å². The normalized spacial score (nSPS) is 27.4. The molecule has 0 aliphatic heterocycles. The third-order valence-corrected chi connectivity index (χ3v) is 6.42. The van der Waals surface area contributed by atoms with Crippen LogP contribution in [-0.4, -0.2) is 31.1 Å². The van der Waals surface area contributed by atoms with E-state index in [2.05, 4.69) is 12.2 Å². The van der Waals surface area contributed by atoms with Gasteiger partial charge in [0.1, 0.15) is 0 Å². The summed E-state index contributed by atoms with van der Waals surface area (Å²) in [6.07, 6.45) is 3.15. The Hall–Kier alpha value is 0.260. The molecule has 0 atom stereocenters. The van der Waals surface area contributed by atoms with Crippen LogP contribution in [0.15, 0.2) is 0 Å². The second kappa shape index (κ2) is 5.49. The number of hydrogen-bond donors (Lipinski definition) is 5. The van der Waals surface area contributed by atoms with Gasteiger partial charge in [0, 0.05) is 6.04 Å². The van der Waals surface area contributed by atoms with E-state index in [1.54, 1.807) is 0 Å². The zero-order valence-electron chi connectivity index (χ0n) is 9.56. The number of hydrogen-bond acceptors (Lipinski definition) is 3. The van der Waals surface area contributed by atoms with Crippen LogP contribution in [0.1, 0.15) is 32.6 Å². The van der Waals surface area contributed by atoms with Crippen LogP contribution < -0.4 is 5.32 Å². The summed E-state index contributed by atoms with van der Waals surface area (Å²) in [6.45, 7) is 2.08. The average Bonchev–Trinajstić information content (AvgIpc) is 2.13. The molecule has 0 heterocycles. The van der Waals surface area contributed by atoms with Gasteiger partial charge in [0.05, 0.1) is 0 Å². The first-order valence-corrected chi connectivity index (χ1v) is 8.83. The van der Waals surface area contributed by atoms with Crippen molar-refractivity contribution in [2.24, 2.45) is 5.92 Å². The maximum absolute atomic E-state index is 11.1. The summed E-state index contributed by atoms with van der Waals surface area (Å²) in [5.74, 6) is 0.552. The van der Waals surface area contributed by atoms with E-state index >= 15 is 0 Å². The fourth-order valence-electron chi connectivity index (χ4n) is 2.03. The van der Waals surface area contributed by atoms with Crippen molar-refractivity contribution in [2.75, 3.05) is 0 Å². The Kier molecular flexibility index (Phi) is 4.95. The standard InChI is InChI=1S/C8H19NO6P2/c1-6-2-4-7(5-3-6)9-8(16(10,11)12)17(13,14)15/h6-9H,2-5H2,1H3,(H2,10,11,12)(H2,13,14,15). The van der Waals surface area contributed by atoms with Crippen molar-refractivity contribution in [3.8, 4) is 0 Å². The summed E-state index contributed by atoms with van der Waals surface area (Å²) in [5, 5.41) is 2.43. The van der Waals surface area contributed by atoms with Crippen LogP contribution in [0.3, 0.4) is 0 Å². The molecule has 0 aromatic heterocycles. The Morgan fingerprint density at radius 1 is 1.00 bits per heavy atom. The molecule has 1 fully saturated rings. The molecule has 0 radical (unpaired) electrons. The van der Waals surface area contributed by atoms with E-state index in [9.17, 15) is 9.13 Å². The summed E-state index contributed by atoms with van der Waals surface area (Å²) >= 11 is 0. The van der Waals surface area contributed by atoms with Gasteiger partial charge in [-0.3, -0.25) is 14.4 Å². The highest BCUT2D eigenvalue weighted by molar-refractivity contribution is 7.70. The van der Waals surface area contributed by atoms with Crippen molar-refractivity contribution in [1.82, 2.24) is 5.32 Å². The fraction of sp³-hybridized carbons (Fsp3) is 1.00. The molecule has 0 spiro atoms. The monoisotopic (exact) mass is 287 g/mol. The van der Waals surface area contributed by atoms with E-state index in [-0.39, 0.29) is 6.04 Å². The maximum atomic E-state index is 11.1. The molecule has 0 aromatic rings. The van der Waals surface area contributed by atoms with Crippen LogP contribution >= 0.6 is 15.2 Å². The molecule has 0 bridgehead atoms. The SMILES string of the molecule is CC1CCC(NC(P(=O)(O)O)P(=O)(O)O)CC1. The molecule has 0 amide bonds. The third-order valence-electron chi connectivity index (χ3n) is 3.04. The highest BCUT2D eigenvalue weighted by Crippen LogP contribution is 2.58. The molecule has 17 heavy (non-hydrogen) atoms. The lowest BCUT2D eigenvalue weighted by Gasteiger charge is -2.31. The van der Waals surface area contributed by atoms with Crippen LogP contribution in [0.4, 0.5) is 0 Å². The van der Waals surface area contributed by atoms with Gasteiger partial charge >= 0.3 is 15.2 Å². The van der Waals surface area contributed by atoms with E-state index < -0.39 is 20.7 Å². The van der Waals surface area contributed by atoms with Crippen LogP contribution in [0.5, 0.6) is 0 Å². The molecular formula is C8H19NO6P2. The third kappa shape index (κ3) is 4.79. The van der Waals surface area contributed by atoms with E-state index in [0.29, 0.717) is 18.8 Å². The molecule has 7 nitrogen and oxygen atoms in total. The lowest BCUT2D eigenvalue weighted by molar-refractivity contribution is 0.281.